The van der Waals surface area contributed by atoms with Gasteiger partial charge in [-0.2, -0.15) is 11.8 Å². The van der Waals surface area contributed by atoms with Crippen molar-refractivity contribution in [3.63, 3.8) is 0 Å². The zero-order valence-electron chi connectivity index (χ0n) is 11.9. The number of hydrogen-bond acceptors (Lipinski definition) is 1. The maximum Gasteiger partial charge on any atom is 0.0178 e. The molecule has 2 heteroatoms. The molecule has 2 unspecified atom stereocenters. The van der Waals surface area contributed by atoms with Crippen molar-refractivity contribution in [2.24, 2.45) is 0 Å². The average molecular weight is 339 g/mol. The standard InChI is InChI=1S/C17H23BrS/c1-17(2)9-8-13(16-5-3-4-10-19-16)14-11-12(18)6-7-15(14)17/h6-7,11,13,16H,3-5,8-10H2,1-2H3. The predicted octanol–water partition coefficient (Wildman–Crippen LogP) is 5.89. The van der Waals surface area contributed by atoms with Gasteiger partial charge in [-0.15, -0.1) is 0 Å². The molecular weight excluding hydrogens is 316 g/mol. The molecule has 1 saturated heterocycles. The minimum Gasteiger partial charge on any atom is -0.158 e. The second-order valence-corrected chi connectivity index (χ2v) is 8.93. The van der Waals surface area contributed by atoms with Crippen LogP contribution in [0.4, 0.5) is 0 Å². The normalized spacial score (nSPS) is 29.8. The zero-order chi connectivity index (χ0) is 13.5. The van der Waals surface area contributed by atoms with Gasteiger partial charge in [-0.3, -0.25) is 0 Å². The second-order valence-electron chi connectivity index (χ2n) is 6.67. The fraction of sp³-hybridized carbons (Fsp3) is 0.647. The van der Waals surface area contributed by atoms with Gasteiger partial charge >= 0.3 is 0 Å². The molecule has 0 N–H and O–H groups in total. The van der Waals surface area contributed by atoms with E-state index < -0.39 is 0 Å². The summed E-state index contributed by atoms with van der Waals surface area (Å²) in [6.07, 6.45) is 6.98. The lowest BCUT2D eigenvalue weighted by atomic mass is 9.67. The van der Waals surface area contributed by atoms with Crippen LogP contribution < -0.4 is 0 Å². The molecule has 0 radical (unpaired) electrons. The second kappa shape index (κ2) is 5.44. The van der Waals surface area contributed by atoms with Crippen molar-refractivity contribution in [1.29, 1.82) is 0 Å². The molecular formula is C17H23BrS. The summed E-state index contributed by atoms with van der Waals surface area (Å²) in [4.78, 5) is 0. The summed E-state index contributed by atoms with van der Waals surface area (Å²) in [6, 6.07) is 6.98. The Kier molecular flexibility index (Phi) is 4.01. The molecule has 1 aromatic rings. The van der Waals surface area contributed by atoms with Crippen molar-refractivity contribution in [2.75, 3.05) is 5.75 Å². The van der Waals surface area contributed by atoms with E-state index in [4.69, 9.17) is 0 Å². The van der Waals surface area contributed by atoms with Crippen molar-refractivity contribution >= 4 is 27.7 Å². The Morgan fingerprint density at radius 1 is 1.21 bits per heavy atom. The van der Waals surface area contributed by atoms with Gasteiger partial charge < -0.3 is 0 Å². The quantitative estimate of drug-likeness (QED) is 0.615. The molecule has 1 aliphatic carbocycles. The third-order valence-corrected chi connectivity index (χ3v) is 6.90. The average Bonchev–Trinajstić information content (AvgIpc) is 2.39. The molecule has 2 atom stereocenters. The van der Waals surface area contributed by atoms with Crippen LogP contribution in [0, 0.1) is 0 Å². The van der Waals surface area contributed by atoms with Crippen LogP contribution in [0.25, 0.3) is 0 Å². The predicted molar refractivity (Wildman–Crippen MR) is 89.2 cm³/mol. The number of fused-ring (bicyclic) bond motifs is 1. The number of benzene rings is 1. The van der Waals surface area contributed by atoms with Gasteiger partial charge in [0.2, 0.25) is 0 Å². The Balaban J connectivity index is 1.98. The van der Waals surface area contributed by atoms with Crippen LogP contribution >= 0.6 is 27.7 Å². The van der Waals surface area contributed by atoms with Crippen molar-refractivity contribution in [3.05, 3.63) is 33.8 Å². The summed E-state index contributed by atoms with van der Waals surface area (Å²) < 4.78 is 1.25. The Morgan fingerprint density at radius 2 is 2.05 bits per heavy atom. The van der Waals surface area contributed by atoms with Gasteiger partial charge in [0.05, 0.1) is 0 Å². The summed E-state index contributed by atoms with van der Waals surface area (Å²) in [5, 5.41) is 0.859. The topological polar surface area (TPSA) is 0 Å². The van der Waals surface area contributed by atoms with E-state index in [1.807, 2.05) is 0 Å². The fourth-order valence-corrected chi connectivity index (χ4v) is 5.63. The first-order valence-electron chi connectivity index (χ1n) is 7.49. The molecule has 1 aromatic carbocycles. The van der Waals surface area contributed by atoms with Gasteiger partial charge in [0.1, 0.15) is 0 Å². The number of halogens is 1. The molecule has 1 heterocycles. The van der Waals surface area contributed by atoms with Crippen LogP contribution in [0.5, 0.6) is 0 Å². The summed E-state index contributed by atoms with van der Waals surface area (Å²) >= 11 is 5.90. The first-order chi connectivity index (χ1) is 9.08. The highest BCUT2D eigenvalue weighted by Crippen LogP contribution is 2.48. The molecule has 2 aliphatic rings. The van der Waals surface area contributed by atoms with E-state index >= 15 is 0 Å². The minimum absolute atomic E-state index is 0.353. The Morgan fingerprint density at radius 3 is 2.79 bits per heavy atom. The third kappa shape index (κ3) is 2.76. The fourth-order valence-electron chi connectivity index (χ4n) is 3.73. The first kappa shape index (κ1) is 14.0. The van der Waals surface area contributed by atoms with Crippen molar-refractivity contribution < 1.29 is 0 Å². The monoisotopic (exact) mass is 338 g/mol. The lowest BCUT2D eigenvalue weighted by Gasteiger charge is -2.41. The third-order valence-electron chi connectivity index (χ3n) is 4.89. The summed E-state index contributed by atoms with van der Waals surface area (Å²) in [5.74, 6) is 2.15. The largest absolute Gasteiger partial charge is 0.158 e. The van der Waals surface area contributed by atoms with Crippen molar-refractivity contribution in [2.45, 2.75) is 62.5 Å². The lowest BCUT2D eigenvalue weighted by molar-refractivity contribution is 0.378. The lowest BCUT2D eigenvalue weighted by Crippen LogP contribution is -2.31. The van der Waals surface area contributed by atoms with E-state index in [-0.39, 0.29) is 0 Å². The molecule has 0 nitrogen and oxygen atoms in total. The molecule has 0 spiro atoms. The summed E-state index contributed by atoms with van der Waals surface area (Å²) in [6.45, 7) is 4.81. The van der Waals surface area contributed by atoms with E-state index in [0.29, 0.717) is 5.41 Å². The van der Waals surface area contributed by atoms with Crippen LogP contribution in [-0.4, -0.2) is 11.0 Å². The molecule has 0 amide bonds. The number of rotatable bonds is 1. The van der Waals surface area contributed by atoms with Gasteiger partial charge in [0, 0.05) is 9.72 Å². The Bertz CT molecular complexity index is 460. The zero-order valence-corrected chi connectivity index (χ0v) is 14.3. The minimum atomic E-state index is 0.353. The van der Waals surface area contributed by atoms with E-state index in [2.05, 4.69) is 59.7 Å². The van der Waals surface area contributed by atoms with Crippen molar-refractivity contribution in [3.8, 4) is 0 Å². The summed E-state index contributed by atoms with van der Waals surface area (Å²) in [5.41, 5.74) is 3.58. The number of thioether (sulfide) groups is 1. The molecule has 0 bridgehead atoms. The highest BCUT2D eigenvalue weighted by molar-refractivity contribution is 9.10. The highest BCUT2D eigenvalue weighted by Gasteiger charge is 2.36. The summed E-state index contributed by atoms with van der Waals surface area (Å²) in [7, 11) is 0. The SMILES string of the molecule is CC1(C)CCC(C2CCCCS2)c2cc(Br)ccc21. The molecule has 0 saturated carbocycles. The van der Waals surface area contributed by atoms with Crippen LogP contribution in [0.1, 0.15) is 63.0 Å². The number of hydrogen-bond donors (Lipinski definition) is 0. The molecule has 19 heavy (non-hydrogen) atoms. The van der Waals surface area contributed by atoms with Crippen LogP contribution in [0.3, 0.4) is 0 Å². The molecule has 104 valence electrons. The molecule has 0 aromatic heterocycles. The Hall–Kier alpha value is 0.0500. The van der Waals surface area contributed by atoms with Gasteiger partial charge in [-0.1, -0.05) is 42.3 Å². The van der Waals surface area contributed by atoms with Gasteiger partial charge in [0.25, 0.3) is 0 Å². The van der Waals surface area contributed by atoms with Gasteiger partial charge in [0.15, 0.2) is 0 Å². The van der Waals surface area contributed by atoms with Crippen LogP contribution in [0.15, 0.2) is 22.7 Å². The van der Waals surface area contributed by atoms with E-state index in [1.165, 1.54) is 42.3 Å². The molecule has 1 aliphatic heterocycles. The highest BCUT2D eigenvalue weighted by atomic mass is 79.9. The molecule has 3 rings (SSSR count). The molecule has 1 fully saturated rings. The Labute approximate surface area is 129 Å². The van der Waals surface area contributed by atoms with Crippen LogP contribution in [0.2, 0.25) is 0 Å². The van der Waals surface area contributed by atoms with E-state index in [1.54, 1.807) is 11.1 Å². The van der Waals surface area contributed by atoms with Gasteiger partial charge in [-0.25, -0.2) is 0 Å². The van der Waals surface area contributed by atoms with Crippen LogP contribution in [-0.2, 0) is 5.41 Å². The maximum absolute atomic E-state index is 3.67. The maximum atomic E-state index is 3.67. The van der Waals surface area contributed by atoms with Gasteiger partial charge in [-0.05, 0) is 66.0 Å². The smallest absolute Gasteiger partial charge is 0.0178 e. The first-order valence-corrected chi connectivity index (χ1v) is 9.34. The van der Waals surface area contributed by atoms with E-state index in [0.717, 1.165) is 11.2 Å². The van der Waals surface area contributed by atoms with E-state index in [9.17, 15) is 0 Å². The van der Waals surface area contributed by atoms with Crippen molar-refractivity contribution in [1.82, 2.24) is 0 Å².